The second-order valence-electron chi connectivity index (χ2n) is 6.00. The van der Waals surface area contributed by atoms with Gasteiger partial charge in [0.2, 0.25) is 0 Å². The molecule has 0 amide bonds. The summed E-state index contributed by atoms with van der Waals surface area (Å²) in [5.74, 6) is 0.146. The molecular weight excluding hydrogens is 297 g/mol. The molecule has 2 aromatic rings. The van der Waals surface area contributed by atoms with Gasteiger partial charge in [-0.25, -0.2) is 4.39 Å². The number of rotatable bonds is 4. The Morgan fingerprint density at radius 1 is 1.41 bits per heavy atom. The summed E-state index contributed by atoms with van der Waals surface area (Å²) < 4.78 is 13.3. The van der Waals surface area contributed by atoms with Gasteiger partial charge in [0.25, 0.3) is 0 Å². The Balaban J connectivity index is 1.67. The molecule has 1 saturated heterocycles. The van der Waals surface area contributed by atoms with Crippen molar-refractivity contribution in [1.82, 2.24) is 4.90 Å². The molecule has 1 aromatic heterocycles. The molecule has 0 aliphatic carbocycles. The molecule has 2 heterocycles. The zero-order valence-electron chi connectivity index (χ0n) is 12.7. The number of nitrogens with zero attached hydrogens (tertiary/aromatic N) is 1. The largest absolute Gasteiger partial charge is 0.298 e. The topological polar surface area (TPSA) is 20.3 Å². The molecule has 0 bridgehead atoms. The maximum absolute atomic E-state index is 13.3. The molecule has 3 rings (SSSR count). The van der Waals surface area contributed by atoms with Crippen LogP contribution in [0.1, 0.15) is 33.6 Å². The summed E-state index contributed by atoms with van der Waals surface area (Å²) in [6.07, 6.45) is 1.98. The average molecular weight is 317 g/mol. The van der Waals surface area contributed by atoms with Gasteiger partial charge in [-0.15, -0.1) is 11.3 Å². The number of benzene rings is 1. The van der Waals surface area contributed by atoms with Crippen LogP contribution in [0.15, 0.2) is 35.7 Å². The van der Waals surface area contributed by atoms with Crippen LogP contribution in [0.25, 0.3) is 0 Å². The predicted octanol–water partition coefficient (Wildman–Crippen LogP) is 4.29. The lowest BCUT2D eigenvalue weighted by Gasteiger charge is -2.32. The van der Waals surface area contributed by atoms with E-state index in [-0.39, 0.29) is 17.5 Å². The van der Waals surface area contributed by atoms with E-state index in [1.165, 1.54) is 6.07 Å². The van der Waals surface area contributed by atoms with Crippen molar-refractivity contribution in [3.8, 4) is 0 Å². The highest BCUT2D eigenvalue weighted by atomic mass is 32.1. The van der Waals surface area contributed by atoms with Crippen molar-refractivity contribution in [3.63, 3.8) is 0 Å². The first-order chi connectivity index (χ1) is 10.6. The van der Waals surface area contributed by atoms with Crippen molar-refractivity contribution in [3.05, 3.63) is 57.5 Å². The Hall–Kier alpha value is -1.52. The summed E-state index contributed by atoms with van der Waals surface area (Å²) in [5, 5.41) is 1.98. The quantitative estimate of drug-likeness (QED) is 0.784. The highest BCUT2D eigenvalue weighted by molar-refractivity contribution is 7.12. The van der Waals surface area contributed by atoms with Gasteiger partial charge in [0, 0.05) is 19.0 Å². The van der Waals surface area contributed by atoms with E-state index in [1.807, 2.05) is 24.4 Å². The second kappa shape index (κ2) is 6.71. The lowest BCUT2D eigenvalue weighted by molar-refractivity contribution is 0.0815. The number of thiophene rings is 1. The lowest BCUT2D eigenvalue weighted by Crippen LogP contribution is -2.38. The number of hydrogen-bond donors (Lipinski definition) is 0. The van der Waals surface area contributed by atoms with Crippen molar-refractivity contribution >= 4 is 17.1 Å². The number of piperidine rings is 1. The van der Waals surface area contributed by atoms with Crippen molar-refractivity contribution in [2.45, 2.75) is 26.3 Å². The monoisotopic (exact) mass is 317 g/mol. The fraction of sp³-hybridized carbons (Fsp3) is 0.389. The summed E-state index contributed by atoms with van der Waals surface area (Å²) in [6, 6.07) is 8.73. The van der Waals surface area contributed by atoms with Crippen LogP contribution in [0.2, 0.25) is 0 Å². The van der Waals surface area contributed by atoms with Crippen LogP contribution >= 0.6 is 11.3 Å². The van der Waals surface area contributed by atoms with Gasteiger partial charge >= 0.3 is 0 Å². The van der Waals surface area contributed by atoms with E-state index in [4.69, 9.17) is 0 Å². The molecule has 1 aromatic carbocycles. The van der Waals surface area contributed by atoms with Crippen molar-refractivity contribution < 1.29 is 9.18 Å². The third-order valence-electron chi connectivity index (χ3n) is 4.26. The fourth-order valence-electron chi connectivity index (χ4n) is 3.12. The zero-order chi connectivity index (χ0) is 15.5. The maximum Gasteiger partial charge on any atom is 0.177 e. The Bertz CT molecular complexity index is 667. The average Bonchev–Trinajstić information content (AvgIpc) is 2.93. The van der Waals surface area contributed by atoms with Crippen LogP contribution in [0.5, 0.6) is 0 Å². The van der Waals surface area contributed by atoms with E-state index in [1.54, 1.807) is 23.5 Å². The van der Waals surface area contributed by atoms with E-state index in [0.29, 0.717) is 6.54 Å². The standard InChI is InChI=1S/C18H20FNOS/c1-13-7-9-22-18(13)17(21)15-5-3-8-20(12-15)11-14-4-2-6-16(19)10-14/h2,4,6-7,9-10,15H,3,5,8,11-12H2,1H3. The molecule has 0 radical (unpaired) electrons. The first kappa shape index (κ1) is 15.4. The van der Waals surface area contributed by atoms with E-state index in [9.17, 15) is 9.18 Å². The van der Waals surface area contributed by atoms with Crippen LogP contribution in [-0.4, -0.2) is 23.8 Å². The van der Waals surface area contributed by atoms with Crippen LogP contribution in [-0.2, 0) is 6.54 Å². The van der Waals surface area contributed by atoms with Crippen LogP contribution < -0.4 is 0 Å². The second-order valence-corrected chi connectivity index (χ2v) is 6.92. The van der Waals surface area contributed by atoms with Gasteiger partial charge in [-0.2, -0.15) is 0 Å². The summed E-state index contributed by atoms with van der Waals surface area (Å²) in [4.78, 5) is 15.8. The molecular formula is C18H20FNOS. The van der Waals surface area contributed by atoms with Crippen molar-refractivity contribution in [2.24, 2.45) is 5.92 Å². The van der Waals surface area contributed by atoms with Crippen LogP contribution in [0.3, 0.4) is 0 Å². The highest BCUT2D eigenvalue weighted by Crippen LogP contribution is 2.26. The molecule has 1 atom stereocenters. The van der Waals surface area contributed by atoms with Gasteiger partial charge in [0.05, 0.1) is 4.88 Å². The Kier molecular flexibility index (Phi) is 4.69. The van der Waals surface area contributed by atoms with Gasteiger partial charge in [-0.05, 0) is 61.0 Å². The molecule has 1 unspecified atom stereocenters. The maximum atomic E-state index is 13.3. The summed E-state index contributed by atoms with van der Waals surface area (Å²) in [7, 11) is 0. The van der Waals surface area contributed by atoms with E-state index in [2.05, 4.69) is 4.90 Å². The molecule has 116 valence electrons. The smallest absolute Gasteiger partial charge is 0.177 e. The van der Waals surface area contributed by atoms with Crippen molar-refractivity contribution in [2.75, 3.05) is 13.1 Å². The minimum atomic E-state index is -0.198. The Morgan fingerprint density at radius 2 is 2.27 bits per heavy atom. The number of Topliss-reactive ketones (excluding diaryl/α,β-unsaturated/α-hetero) is 1. The van der Waals surface area contributed by atoms with Crippen molar-refractivity contribution in [1.29, 1.82) is 0 Å². The molecule has 4 heteroatoms. The number of ketones is 1. The molecule has 1 aliphatic heterocycles. The Morgan fingerprint density at radius 3 is 3.00 bits per heavy atom. The third kappa shape index (κ3) is 3.45. The minimum Gasteiger partial charge on any atom is -0.298 e. The SMILES string of the molecule is Cc1ccsc1C(=O)C1CCCN(Cc2cccc(F)c2)C1. The zero-order valence-corrected chi connectivity index (χ0v) is 13.5. The summed E-state index contributed by atoms with van der Waals surface area (Å²) in [6.45, 7) is 4.46. The molecule has 22 heavy (non-hydrogen) atoms. The van der Waals surface area contributed by atoms with Gasteiger partial charge in [-0.1, -0.05) is 12.1 Å². The van der Waals surface area contributed by atoms with E-state index < -0.39 is 0 Å². The van der Waals surface area contributed by atoms with Gasteiger partial charge in [0.1, 0.15) is 5.82 Å². The number of carbonyl (C=O) groups is 1. The lowest BCUT2D eigenvalue weighted by atomic mass is 9.92. The van der Waals surface area contributed by atoms with E-state index in [0.717, 1.165) is 41.9 Å². The highest BCUT2D eigenvalue weighted by Gasteiger charge is 2.28. The van der Waals surface area contributed by atoms with Crippen LogP contribution in [0, 0.1) is 18.7 Å². The Labute approximate surface area is 134 Å². The van der Waals surface area contributed by atoms with Gasteiger partial charge in [-0.3, -0.25) is 9.69 Å². The van der Waals surface area contributed by atoms with Gasteiger partial charge < -0.3 is 0 Å². The third-order valence-corrected chi connectivity index (χ3v) is 5.29. The molecule has 1 aliphatic rings. The van der Waals surface area contributed by atoms with Gasteiger partial charge in [0.15, 0.2) is 5.78 Å². The van der Waals surface area contributed by atoms with Crippen LogP contribution in [0.4, 0.5) is 4.39 Å². The molecule has 0 spiro atoms. The molecule has 0 saturated carbocycles. The number of likely N-dealkylation sites (tertiary alicyclic amines) is 1. The first-order valence-corrected chi connectivity index (χ1v) is 8.56. The molecule has 1 fully saturated rings. The molecule has 0 N–H and O–H groups in total. The number of aryl methyl sites for hydroxylation is 1. The normalized spacial score (nSPS) is 19.3. The first-order valence-electron chi connectivity index (χ1n) is 7.68. The minimum absolute atomic E-state index is 0.0691. The summed E-state index contributed by atoms with van der Waals surface area (Å²) >= 11 is 1.54. The molecule has 2 nitrogen and oxygen atoms in total. The fourth-order valence-corrected chi connectivity index (χ4v) is 4.06. The number of hydrogen-bond acceptors (Lipinski definition) is 3. The predicted molar refractivity (Wildman–Crippen MR) is 87.8 cm³/mol. The van der Waals surface area contributed by atoms with E-state index >= 15 is 0 Å². The number of carbonyl (C=O) groups excluding carboxylic acids is 1. The number of halogens is 1. The summed E-state index contributed by atoms with van der Waals surface area (Å²) in [5.41, 5.74) is 2.05.